The van der Waals surface area contributed by atoms with Crippen LogP contribution in [0, 0.1) is 0 Å². The van der Waals surface area contributed by atoms with Crippen LogP contribution in [0.3, 0.4) is 0 Å². The Kier molecular flexibility index (Phi) is 4.84. The molecule has 2 aromatic rings. The molecule has 2 unspecified atom stereocenters. The molecule has 2 rings (SSSR count). The lowest BCUT2D eigenvalue weighted by Crippen LogP contribution is -2.25. The Morgan fingerprint density at radius 1 is 1.58 bits per heavy atom. The predicted molar refractivity (Wildman–Crippen MR) is 79.7 cm³/mol. The number of aromatic amines is 1. The molecule has 0 saturated carbocycles. The van der Waals surface area contributed by atoms with Crippen molar-refractivity contribution >= 4 is 23.1 Å². The Morgan fingerprint density at radius 2 is 2.37 bits per heavy atom. The maximum atomic E-state index is 11.6. The number of hydrogen-bond acceptors (Lipinski definition) is 5. The number of hydrogen-bond donors (Lipinski definition) is 2. The molecule has 0 saturated heterocycles. The molecular weight excluding hydrogens is 280 g/mol. The highest BCUT2D eigenvalue weighted by molar-refractivity contribution is 7.99. The average molecular weight is 298 g/mol. The quantitative estimate of drug-likeness (QED) is 0.802. The summed E-state index contributed by atoms with van der Waals surface area (Å²) < 4.78 is 1.63. The number of nitrogens with one attached hydrogen (secondary N) is 1. The monoisotopic (exact) mass is 298 g/mol. The van der Waals surface area contributed by atoms with Gasteiger partial charge in [-0.1, -0.05) is 24.8 Å². The van der Waals surface area contributed by atoms with Gasteiger partial charge in [0.15, 0.2) is 5.16 Å². The van der Waals surface area contributed by atoms with E-state index in [0.717, 1.165) is 6.42 Å². The number of thiophene rings is 1. The van der Waals surface area contributed by atoms with E-state index >= 15 is 0 Å². The van der Waals surface area contributed by atoms with E-state index in [2.05, 4.69) is 23.2 Å². The van der Waals surface area contributed by atoms with Gasteiger partial charge in [-0.15, -0.1) is 16.4 Å². The van der Waals surface area contributed by atoms with Crippen LogP contribution >= 0.6 is 23.1 Å². The van der Waals surface area contributed by atoms with Gasteiger partial charge in [0.05, 0.1) is 5.25 Å². The molecule has 0 aliphatic rings. The molecule has 0 amide bonds. The number of rotatable bonds is 6. The standard InChI is InChI=1S/C12H18N4OS2/c1-3-8(13)10(9-6-5-7-18-9)19-12-15-14-11(17)16(12)4-2/h5-8,10H,3-4,13H2,1-2H3,(H,14,17). The van der Waals surface area contributed by atoms with E-state index in [0.29, 0.717) is 11.7 Å². The first kappa shape index (κ1) is 14.4. The summed E-state index contributed by atoms with van der Waals surface area (Å²) in [6.07, 6.45) is 0.885. The van der Waals surface area contributed by atoms with Crippen LogP contribution in [0.25, 0.3) is 0 Å². The minimum Gasteiger partial charge on any atom is -0.326 e. The van der Waals surface area contributed by atoms with E-state index in [1.165, 1.54) is 4.88 Å². The first-order valence-corrected chi connectivity index (χ1v) is 8.04. The fourth-order valence-electron chi connectivity index (χ4n) is 1.81. The Bertz CT molecular complexity index is 561. The van der Waals surface area contributed by atoms with E-state index in [1.807, 2.05) is 18.4 Å². The Balaban J connectivity index is 2.28. The zero-order chi connectivity index (χ0) is 13.8. The molecule has 0 bridgehead atoms. The second kappa shape index (κ2) is 6.40. The van der Waals surface area contributed by atoms with Crippen LogP contribution in [0.1, 0.15) is 30.4 Å². The highest BCUT2D eigenvalue weighted by atomic mass is 32.2. The Morgan fingerprint density at radius 3 is 2.95 bits per heavy atom. The lowest BCUT2D eigenvalue weighted by molar-refractivity contribution is 0.626. The largest absolute Gasteiger partial charge is 0.343 e. The van der Waals surface area contributed by atoms with Gasteiger partial charge in [0.2, 0.25) is 0 Å². The van der Waals surface area contributed by atoms with Crippen LogP contribution in [0.5, 0.6) is 0 Å². The van der Waals surface area contributed by atoms with Crippen LogP contribution in [0.2, 0.25) is 0 Å². The van der Waals surface area contributed by atoms with E-state index in [9.17, 15) is 4.79 Å². The van der Waals surface area contributed by atoms with E-state index < -0.39 is 0 Å². The first-order chi connectivity index (χ1) is 9.17. The molecule has 2 atom stereocenters. The lowest BCUT2D eigenvalue weighted by Gasteiger charge is -2.20. The summed E-state index contributed by atoms with van der Waals surface area (Å²) in [5, 5.41) is 9.46. The highest BCUT2D eigenvalue weighted by Crippen LogP contribution is 2.38. The van der Waals surface area contributed by atoms with Crippen molar-refractivity contribution in [2.24, 2.45) is 5.73 Å². The van der Waals surface area contributed by atoms with Crippen LogP contribution in [0.4, 0.5) is 0 Å². The Hall–Kier alpha value is -1.05. The van der Waals surface area contributed by atoms with E-state index in [-0.39, 0.29) is 17.0 Å². The zero-order valence-corrected chi connectivity index (χ0v) is 12.6. The van der Waals surface area contributed by atoms with Gasteiger partial charge in [0.25, 0.3) is 0 Å². The van der Waals surface area contributed by atoms with Crippen LogP contribution in [-0.2, 0) is 6.54 Å². The molecule has 0 radical (unpaired) electrons. The SMILES string of the molecule is CCC(N)C(Sc1n[nH]c(=O)n1CC)c1cccs1. The third-order valence-electron chi connectivity index (χ3n) is 2.96. The molecule has 0 aliphatic carbocycles. The summed E-state index contributed by atoms with van der Waals surface area (Å²) in [5.41, 5.74) is 6.05. The van der Waals surface area contributed by atoms with Crippen molar-refractivity contribution in [3.63, 3.8) is 0 Å². The number of thioether (sulfide) groups is 1. The molecule has 7 heteroatoms. The lowest BCUT2D eigenvalue weighted by atomic mass is 10.1. The zero-order valence-electron chi connectivity index (χ0n) is 11.0. The van der Waals surface area contributed by atoms with Crippen molar-refractivity contribution < 1.29 is 0 Å². The molecule has 2 heterocycles. The normalized spacial score (nSPS) is 14.5. The molecule has 0 fully saturated rings. The summed E-state index contributed by atoms with van der Waals surface area (Å²) in [6.45, 7) is 4.61. The van der Waals surface area contributed by atoms with Crippen LogP contribution < -0.4 is 11.4 Å². The minimum absolute atomic E-state index is 0.0424. The van der Waals surface area contributed by atoms with Crippen molar-refractivity contribution in [3.8, 4) is 0 Å². The smallest absolute Gasteiger partial charge is 0.326 e. The number of nitrogens with two attached hydrogens (primary N) is 1. The van der Waals surface area contributed by atoms with Crippen molar-refractivity contribution in [2.75, 3.05) is 0 Å². The highest BCUT2D eigenvalue weighted by Gasteiger charge is 2.23. The molecule has 0 aliphatic heterocycles. The minimum atomic E-state index is -0.167. The third kappa shape index (κ3) is 3.10. The molecular formula is C12H18N4OS2. The summed E-state index contributed by atoms with van der Waals surface area (Å²) in [4.78, 5) is 12.8. The van der Waals surface area contributed by atoms with Crippen molar-refractivity contribution in [2.45, 2.75) is 43.3 Å². The maximum Gasteiger partial charge on any atom is 0.343 e. The van der Waals surface area contributed by atoms with Gasteiger partial charge in [-0.3, -0.25) is 4.57 Å². The van der Waals surface area contributed by atoms with E-state index in [1.54, 1.807) is 27.7 Å². The van der Waals surface area contributed by atoms with Crippen molar-refractivity contribution in [1.82, 2.24) is 14.8 Å². The van der Waals surface area contributed by atoms with E-state index in [4.69, 9.17) is 5.73 Å². The first-order valence-electron chi connectivity index (χ1n) is 6.28. The summed E-state index contributed by atoms with van der Waals surface area (Å²) in [5.74, 6) is 0. The van der Waals surface area contributed by atoms with Gasteiger partial charge in [0, 0.05) is 17.5 Å². The fraction of sp³-hybridized carbons (Fsp3) is 0.500. The van der Waals surface area contributed by atoms with Gasteiger partial charge >= 0.3 is 5.69 Å². The molecule has 19 heavy (non-hydrogen) atoms. The molecule has 0 spiro atoms. The summed E-state index contributed by atoms with van der Waals surface area (Å²) in [7, 11) is 0. The second-order valence-corrected chi connectivity index (χ2v) is 6.27. The topological polar surface area (TPSA) is 76.7 Å². The third-order valence-corrected chi connectivity index (χ3v) is 5.44. The predicted octanol–water partition coefficient (Wildman–Crippen LogP) is 2.22. The van der Waals surface area contributed by atoms with Gasteiger partial charge in [0.1, 0.15) is 0 Å². The Labute approximate surface area is 120 Å². The molecule has 3 N–H and O–H groups in total. The second-order valence-electron chi connectivity index (χ2n) is 4.18. The fourth-order valence-corrected chi connectivity index (χ4v) is 4.13. The maximum absolute atomic E-state index is 11.6. The molecule has 5 nitrogen and oxygen atoms in total. The summed E-state index contributed by atoms with van der Waals surface area (Å²) in [6, 6.07) is 4.15. The molecule has 104 valence electrons. The van der Waals surface area contributed by atoms with Gasteiger partial charge in [-0.2, -0.15) is 0 Å². The van der Waals surface area contributed by atoms with Gasteiger partial charge in [-0.25, -0.2) is 9.89 Å². The average Bonchev–Trinajstić information content (AvgIpc) is 3.04. The number of nitrogens with zero attached hydrogens (tertiary/aromatic N) is 2. The number of aromatic nitrogens is 3. The molecule has 0 aromatic carbocycles. The summed E-state index contributed by atoms with van der Waals surface area (Å²) >= 11 is 3.25. The van der Waals surface area contributed by atoms with Gasteiger partial charge in [-0.05, 0) is 24.8 Å². The van der Waals surface area contributed by atoms with Gasteiger partial charge < -0.3 is 5.73 Å². The van der Waals surface area contributed by atoms with Crippen molar-refractivity contribution in [1.29, 1.82) is 0 Å². The van der Waals surface area contributed by atoms with Crippen molar-refractivity contribution in [3.05, 3.63) is 32.9 Å². The number of H-pyrrole nitrogens is 1. The van der Waals surface area contributed by atoms with Crippen LogP contribution in [-0.4, -0.2) is 20.8 Å². The van der Waals surface area contributed by atoms with Crippen LogP contribution in [0.15, 0.2) is 27.5 Å². The molecule has 2 aromatic heterocycles.